The summed E-state index contributed by atoms with van der Waals surface area (Å²) in [4.78, 5) is 17.4. The molecule has 1 aromatic heterocycles. The van der Waals surface area contributed by atoms with Crippen LogP contribution in [0.1, 0.15) is 0 Å². The normalized spacial score (nSPS) is 11.6. The van der Waals surface area contributed by atoms with Gasteiger partial charge >= 0.3 is 0 Å². The number of nitrogens with zero attached hydrogens (tertiary/aromatic N) is 2. The van der Waals surface area contributed by atoms with E-state index in [0.29, 0.717) is 28.6 Å². The molecule has 0 aliphatic heterocycles. The van der Waals surface area contributed by atoms with Gasteiger partial charge < -0.3 is 18.8 Å². The Kier molecular flexibility index (Phi) is 6.04. The maximum absolute atomic E-state index is 12.6. The Hall–Kier alpha value is -3.58. The number of fused-ring (bicyclic) bond motifs is 2. The van der Waals surface area contributed by atoms with E-state index in [2.05, 4.69) is 11.6 Å². The van der Waals surface area contributed by atoms with Crippen LogP contribution in [0.3, 0.4) is 0 Å². The number of carbonyl (C=O) groups excluding carboxylic acids is 1. The molecule has 0 radical (unpaired) electrons. The Morgan fingerprint density at radius 2 is 1.81 bits per heavy atom. The first-order valence-electron chi connectivity index (χ1n) is 9.68. The largest absolute Gasteiger partial charge is 0.493 e. The van der Waals surface area contributed by atoms with Crippen molar-refractivity contribution < 1.29 is 19.0 Å². The molecule has 4 aromatic rings. The molecule has 0 aliphatic carbocycles. The number of allylic oxidation sites excluding steroid dienone is 1. The molecule has 3 aromatic carbocycles. The lowest BCUT2D eigenvalue weighted by Gasteiger charge is -2.08. The van der Waals surface area contributed by atoms with Gasteiger partial charge in [-0.05, 0) is 22.9 Å². The van der Waals surface area contributed by atoms with E-state index in [1.54, 1.807) is 20.3 Å². The van der Waals surface area contributed by atoms with E-state index in [1.165, 1.54) is 11.3 Å². The molecule has 1 heterocycles. The van der Waals surface area contributed by atoms with Gasteiger partial charge in [-0.1, -0.05) is 47.7 Å². The van der Waals surface area contributed by atoms with Crippen molar-refractivity contribution in [3.05, 3.63) is 72.1 Å². The molecule has 0 saturated heterocycles. The zero-order valence-electron chi connectivity index (χ0n) is 17.3. The van der Waals surface area contributed by atoms with Gasteiger partial charge in [-0.15, -0.1) is 6.58 Å². The maximum Gasteiger partial charge on any atom is 0.286 e. The minimum atomic E-state index is -0.364. The van der Waals surface area contributed by atoms with Crippen LogP contribution in [0.5, 0.6) is 17.2 Å². The molecular weight excluding hydrogens is 412 g/mol. The fourth-order valence-electron chi connectivity index (χ4n) is 3.33. The summed E-state index contributed by atoms with van der Waals surface area (Å²) in [5.41, 5.74) is 0.893. The number of amides is 1. The number of carbonyl (C=O) groups is 1. The molecule has 0 N–H and O–H groups in total. The van der Waals surface area contributed by atoms with Gasteiger partial charge in [0.2, 0.25) is 0 Å². The highest BCUT2D eigenvalue weighted by Gasteiger charge is 2.13. The molecule has 31 heavy (non-hydrogen) atoms. The summed E-state index contributed by atoms with van der Waals surface area (Å²) in [5, 5.41) is 2.17. The summed E-state index contributed by atoms with van der Waals surface area (Å²) in [7, 11) is 3.18. The average molecular weight is 435 g/mol. The second-order valence-electron chi connectivity index (χ2n) is 6.76. The summed E-state index contributed by atoms with van der Waals surface area (Å²) < 4.78 is 19.3. The lowest BCUT2D eigenvalue weighted by atomic mass is 10.1. The molecule has 1 amide bonds. The van der Waals surface area contributed by atoms with Gasteiger partial charge in [0.15, 0.2) is 22.9 Å². The van der Waals surface area contributed by atoms with Crippen molar-refractivity contribution in [2.75, 3.05) is 20.8 Å². The minimum absolute atomic E-state index is 0.146. The van der Waals surface area contributed by atoms with Crippen LogP contribution in [0, 0.1) is 0 Å². The molecule has 0 saturated carbocycles. The third-order valence-corrected chi connectivity index (χ3v) is 5.84. The highest BCUT2D eigenvalue weighted by Crippen LogP contribution is 2.33. The van der Waals surface area contributed by atoms with Crippen molar-refractivity contribution in [2.45, 2.75) is 6.54 Å². The molecule has 4 rings (SSSR count). The Morgan fingerprint density at radius 1 is 1.06 bits per heavy atom. The number of methoxy groups -OCH3 is 2. The first-order valence-corrected chi connectivity index (χ1v) is 10.5. The van der Waals surface area contributed by atoms with Gasteiger partial charge in [0.25, 0.3) is 5.91 Å². The monoisotopic (exact) mass is 434 g/mol. The zero-order valence-corrected chi connectivity index (χ0v) is 18.1. The second-order valence-corrected chi connectivity index (χ2v) is 7.77. The van der Waals surface area contributed by atoms with E-state index in [9.17, 15) is 4.79 Å². The van der Waals surface area contributed by atoms with E-state index in [4.69, 9.17) is 14.2 Å². The third-order valence-electron chi connectivity index (χ3n) is 4.80. The van der Waals surface area contributed by atoms with Crippen LogP contribution in [0.25, 0.3) is 21.0 Å². The summed E-state index contributed by atoms with van der Waals surface area (Å²) in [6, 6.07) is 17.5. The number of hydrogen-bond acceptors (Lipinski definition) is 5. The fourth-order valence-corrected chi connectivity index (χ4v) is 4.40. The van der Waals surface area contributed by atoms with Gasteiger partial charge in [-0.25, -0.2) is 0 Å². The molecule has 158 valence electrons. The SMILES string of the molecule is C=CCn1c(=NC(=O)COc2ccc3ccccc3c2)sc2cc(OC)c(OC)cc21. The molecule has 0 bridgehead atoms. The molecule has 0 unspecified atom stereocenters. The molecular formula is C24H22N2O4S. The van der Waals surface area contributed by atoms with Gasteiger partial charge in [0.05, 0.1) is 24.4 Å². The number of thiazole rings is 1. The fraction of sp³-hybridized carbons (Fsp3) is 0.167. The van der Waals surface area contributed by atoms with E-state index < -0.39 is 0 Å². The lowest BCUT2D eigenvalue weighted by molar-refractivity contribution is -0.120. The summed E-state index contributed by atoms with van der Waals surface area (Å²) >= 11 is 1.40. The standard InChI is InChI=1S/C24H22N2O4S/c1-4-11-26-19-13-20(28-2)21(29-3)14-22(19)31-24(26)25-23(27)15-30-18-10-9-16-7-5-6-8-17(16)12-18/h4-10,12-14H,1,11,15H2,2-3H3. The van der Waals surface area contributed by atoms with E-state index in [0.717, 1.165) is 21.0 Å². The van der Waals surface area contributed by atoms with E-state index in [1.807, 2.05) is 59.2 Å². The number of benzene rings is 3. The van der Waals surface area contributed by atoms with Crippen LogP contribution in [0.4, 0.5) is 0 Å². The number of hydrogen-bond donors (Lipinski definition) is 0. The van der Waals surface area contributed by atoms with Crippen molar-refractivity contribution in [1.29, 1.82) is 0 Å². The van der Waals surface area contributed by atoms with Crippen LogP contribution in [-0.4, -0.2) is 31.3 Å². The van der Waals surface area contributed by atoms with Crippen molar-refractivity contribution in [3.63, 3.8) is 0 Å². The van der Waals surface area contributed by atoms with Crippen molar-refractivity contribution in [1.82, 2.24) is 4.57 Å². The van der Waals surface area contributed by atoms with Crippen LogP contribution in [-0.2, 0) is 11.3 Å². The van der Waals surface area contributed by atoms with Crippen LogP contribution < -0.4 is 19.0 Å². The van der Waals surface area contributed by atoms with Gasteiger partial charge in [0.1, 0.15) is 5.75 Å². The summed E-state index contributed by atoms with van der Waals surface area (Å²) in [6.07, 6.45) is 1.76. The summed E-state index contributed by atoms with van der Waals surface area (Å²) in [6.45, 7) is 4.18. The summed E-state index contributed by atoms with van der Waals surface area (Å²) in [5.74, 6) is 1.51. The molecule has 0 fully saturated rings. The smallest absolute Gasteiger partial charge is 0.286 e. The van der Waals surface area contributed by atoms with Gasteiger partial charge in [-0.3, -0.25) is 4.79 Å². The molecule has 0 atom stereocenters. The highest BCUT2D eigenvalue weighted by molar-refractivity contribution is 7.16. The molecule has 7 heteroatoms. The minimum Gasteiger partial charge on any atom is -0.493 e. The number of rotatable bonds is 7. The van der Waals surface area contributed by atoms with Gasteiger partial charge in [0, 0.05) is 18.7 Å². The molecule has 0 aliphatic rings. The Balaban J connectivity index is 1.62. The maximum atomic E-state index is 12.6. The zero-order chi connectivity index (χ0) is 21.8. The quantitative estimate of drug-likeness (QED) is 0.400. The van der Waals surface area contributed by atoms with Crippen molar-refractivity contribution >= 4 is 38.2 Å². The average Bonchev–Trinajstić information content (AvgIpc) is 3.12. The second kappa shape index (κ2) is 9.06. The first kappa shape index (κ1) is 20.7. The topological polar surface area (TPSA) is 62.1 Å². The Morgan fingerprint density at radius 3 is 2.55 bits per heavy atom. The van der Waals surface area contributed by atoms with E-state index >= 15 is 0 Å². The van der Waals surface area contributed by atoms with Crippen LogP contribution in [0.15, 0.2) is 72.2 Å². The Labute approximate surface area is 183 Å². The first-order chi connectivity index (χ1) is 15.1. The Bertz CT molecular complexity index is 1340. The number of aromatic nitrogens is 1. The highest BCUT2D eigenvalue weighted by atomic mass is 32.1. The number of ether oxygens (including phenoxy) is 3. The van der Waals surface area contributed by atoms with Crippen LogP contribution in [0.2, 0.25) is 0 Å². The van der Waals surface area contributed by atoms with Gasteiger partial charge in [-0.2, -0.15) is 4.99 Å². The van der Waals surface area contributed by atoms with E-state index in [-0.39, 0.29) is 12.5 Å². The molecule has 0 spiro atoms. The van der Waals surface area contributed by atoms with Crippen LogP contribution >= 0.6 is 11.3 Å². The lowest BCUT2D eigenvalue weighted by Crippen LogP contribution is -2.19. The van der Waals surface area contributed by atoms with Crippen molar-refractivity contribution in [3.8, 4) is 17.2 Å². The van der Waals surface area contributed by atoms with Crippen molar-refractivity contribution in [2.24, 2.45) is 4.99 Å². The predicted octanol–water partition coefficient (Wildman–Crippen LogP) is 4.57. The third kappa shape index (κ3) is 4.32. The predicted molar refractivity (Wildman–Crippen MR) is 123 cm³/mol. The molecule has 6 nitrogen and oxygen atoms in total.